The molecule has 32 heavy (non-hydrogen) atoms. The van der Waals surface area contributed by atoms with Crippen molar-refractivity contribution in [1.29, 1.82) is 0 Å². The molecule has 0 spiro atoms. The van der Waals surface area contributed by atoms with Crippen LogP contribution in [0.1, 0.15) is 28.6 Å². The van der Waals surface area contributed by atoms with Crippen molar-refractivity contribution >= 4 is 23.5 Å². The summed E-state index contributed by atoms with van der Waals surface area (Å²) in [5.41, 5.74) is 1.07. The molecule has 1 fully saturated rings. The van der Waals surface area contributed by atoms with Gasteiger partial charge in [-0.05, 0) is 24.3 Å². The second-order valence-electron chi connectivity index (χ2n) is 7.05. The predicted octanol–water partition coefficient (Wildman–Crippen LogP) is 2.87. The number of nitrogens with one attached hydrogen (secondary N) is 1. The highest BCUT2D eigenvalue weighted by atomic mass is 16.5. The molecule has 10 heteroatoms. The summed E-state index contributed by atoms with van der Waals surface area (Å²) in [6.07, 6.45) is 0.247. The quantitative estimate of drug-likeness (QED) is 0.599. The van der Waals surface area contributed by atoms with E-state index in [1.807, 2.05) is 30.3 Å². The van der Waals surface area contributed by atoms with E-state index in [2.05, 4.69) is 15.5 Å². The zero-order valence-electron chi connectivity index (χ0n) is 17.8. The Hall–Kier alpha value is -4.08. The normalized spacial score (nSPS) is 15.5. The summed E-state index contributed by atoms with van der Waals surface area (Å²) < 4.78 is 21.4. The maximum absolute atomic E-state index is 12.7. The van der Waals surface area contributed by atoms with E-state index in [4.69, 9.17) is 18.6 Å². The summed E-state index contributed by atoms with van der Waals surface area (Å²) in [5, 5.41) is 10.5. The highest BCUT2D eigenvalue weighted by Gasteiger charge is 2.35. The molecule has 1 aliphatic heterocycles. The molecule has 3 aromatic rings. The summed E-state index contributed by atoms with van der Waals surface area (Å²) >= 11 is 0. The van der Waals surface area contributed by atoms with Crippen LogP contribution in [0.2, 0.25) is 0 Å². The Morgan fingerprint density at radius 3 is 2.38 bits per heavy atom. The first-order valence-corrected chi connectivity index (χ1v) is 9.84. The van der Waals surface area contributed by atoms with Crippen molar-refractivity contribution in [2.45, 2.75) is 12.3 Å². The topological polar surface area (TPSA) is 116 Å². The molecule has 4 rings (SSSR count). The van der Waals surface area contributed by atoms with Crippen LogP contribution in [-0.2, 0) is 4.79 Å². The number of benzene rings is 2. The monoisotopic (exact) mass is 438 g/mol. The Morgan fingerprint density at radius 1 is 1.06 bits per heavy atom. The lowest BCUT2D eigenvalue weighted by atomic mass is 10.1. The highest BCUT2D eigenvalue weighted by molar-refractivity contribution is 6.04. The number of ether oxygens (including phenoxy) is 3. The summed E-state index contributed by atoms with van der Waals surface area (Å²) in [4.78, 5) is 26.8. The van der Waals surface area contributed by atoms with E-state index in [0.29, 0.717) is 23.8 Å². The maximum atomic E-state index is 12.7. The van der Waals surface area contributed by atoms with Gasteiger partial charge >= 0.3 is 6.01 Å². The van der Waals surface area contributed by atoms with Crippen molar-refractivity contribution in [3.8, 4) is 17.2 Å². The van der Waals surface area contributed by atoms with Crippen LogP contribution >= 0.6 is 0 Å². The second-order valence-corrected chi connectivity index (χ2v) is 7.05. The Kier molecular flexibility index (Phi) is 5.93. The van der Waals surface area contributed by atoms with Crippen LogP contribution in [-0.4, -0.2) is 49.9 Å². The van der Waals surface area contributed by atoms with E-state index < -0.39 is 5.91 Å². The SMILES string of the molecule is COc1cc(C(=O)Nc2nnc(C3CC(=O)N(c4ccccc4)C3)o2)cc(OC)c1OC. The third-order valence-corrected chi connectivity index (χ3v) is 5.13. The van der Waals surface area contributed by atoms with Gasteiger partial charge in [-0.25, -0.2) is 0 Å². The smallest absolute Gasteiger partial charge is 0.322 e. The fraction of sp³-hybridized carbons (Fsp3) is 0.273. The first-order chi connectivity index (χ1) is 15.5. The van der Waals surface area contributed by atoms with Crippen molar-refractivity contribution in [1.82, 2.24) is 10.2 Å². The van der Waals surface area contributed by atoms with E-state index in [-0.39, 0.29) is 35.7 Å². The summed E-state index contributed by atoms with van der Waals surface area (Å²) in [7, 11) is 4.41. The minimum absolute atomic E-state index is 0.0255. The minimum atomic E-state index is -0.493. The Bertz CT molecular complexity index is 1110. The number of carbonyl (C=O) groups is 2. The van der Waals surface area contributed by atoms with Crippen LogP contribution in [0.25, 0.3) is 0 Å². The number of anilines is 2. The summed E-state index contributed by atoms with van der Waals surface area (Å²) in [6.45, 7) is 0.422. The van der Waals surface area contributed by atoms with Gasteiger partial charge in [0.15, 0.2) is 11.5 Å². The molecule has 1 N–H and O–H groups in total. The van der Waals surface area contributed by atoms with Crippen LogP contribution in [0.15, 0.2) is 46.9 Å². The number of amides is 2. The van der Waals surface area contributed by atoms with E-state index in [0.717, 1.165) is 5.69 Å². The van der Waals surface area contributed by atoms with Gasteiger partial charge in [0.2, 0.25) is 17.5 Å². The third-order valence-electron chi connectivity index (χ3n) is 5.13. The predicted molar refractivity (Wildman–Crippen MR) is 115 cm³/mol. The van der Waals surface area contributed by atoms with E-state index in [9.17, 15) is 9.59 Å². The molecule has 0 radical (unpaired) electrons. The van der Waals surface area contributed by atoms with E-state index in [1.54, 1.807) is 4.90 Å². The molecule has 0 bridgehead atoms. The highest BCUT2D eigenvalue weighted by Crippen LogP contribution is 2.38. The van der Waals surface area contributed by atoms with Crippen molar-refractivity contribution in [2.24, 2.45) is 0 Å². The van der Waals surface area contributed by atoms with E-state index in [1.165, 1.54) is 33.5 Å². The van der Waals surface area contributed by atoms with Crippen LogP contribution < -0.4 is 24.4 Å². The number of hydrogen-bond acceptors (Lipinski definition) is 8. The number of methoxy groups -OCH3 is 3. The molecule has 1 aromatic heterocycles. The molecular formula is C22H22N4O6. The fourth-order valence-corrected chi connectivity index (χ4v) is 3.56. The molecule has 1 aliphatic rings. The first kappa shape index (κ1) is 21.2. The lowest BCUT2D eigenvalue weighted by Gasteiger charge is -2.15. The minimum Gasteiger partial charge on any atom is -0.493 e. The molecule has 2 amide bonds. The molecule has 10 nitrogen and oxygen atoms in total. The van der Waals surface area contributed by atoms with Crippen molar-refractivity contribution in [2.75, 3.05) is 38.1 Å². The molecule has 0 saturated carbocycles. The third kappa shape index (κ3) is 4.07. The van der Waals surface area contributed by atoms with Gasteiger partial charge < -0.3 is 23.5 Å². The Morgan fingerprint density at radius 2 is 1.75 bits per heavy atom. The number of carbonyl (C=O) groups excluding carboxylic acids is 2. The molecular weight excluding hydrogens is 416 g/mol. The molecule has 1 saturated heterocycles. The summed E-state index contributed by atoms with van der Waals surface area (Å²) in [5.74, 6) is 0.567. The maximum Gasteiger partial charge on any atom is 0.322 e. The molecule has 166 valence electrons. The van der Waals surface area contributed by atoms with Gasteiger partial charge in [0.25, 0.3) is 5.91 Å². The molecule has 2 aromatic carbocycles. The number of hydrogen-bond donors (Lipinski definition) is 1. The molecule has 1 unspecified atom stereocenters. The van der Waals surface area contributed by atoms with Crippen molar-refractivity contribution in [3.63, 3.8) is 0 Å². The van der Waals surface area contributed by atoms with Crippen molar-refractivity contribution in [3.05, 3.63) is 53.9 Å². The largest absolute Gasteiger partial charge is 0.493 e. The lowest BCUT2D eigenvalue weighted by molar-refractivity contribution is -0.117. The Balaban J connectivity index is 1.48. The molecule has 1 atom stereocenters. The summed E-state index contributed by atoms with van der Waals surface area (Å²) in [6, 6.07) is 12.3. The average Bonchev–Trinajstić information content (AvgIpc) is 3.44. The van der Waals surface area contributed by atoms with E-state index >= 15 is 0 Å². The van der Waals surface area contributed by atoms with Crippen LogP contribution in [0.4, 0.5) is 11.7 Å². The average molecular weight is 438 g/mol. The number of para-hydroxylation sites is 1. The van der Waals surface area contributed by atoms with Crippen molar-refractivity contribution < 1.29 is 28.2 Å². The van der Waals surface area contributed by atoms with Gasteiger partial charge in [0.1, 0.15) is 0 Å². The second kappa shape index (κ2) is 8.96. The molecule has 0 aliphatic carbocycles. The van der Waals surface area contributed by atoms with Crippen LogP contribution in [0.3, 0.4) is 0 Å². The van der Waals surface area contributed by atoms with Gasteiger partial charge in [0.05, 0.1) is 27.2 Å². The molecule has 2 heterocycles. The lowest BCUT2D eigenvalue weighted by Crippen LogP contribution is -2.24. The van der Waals surface area contributed by atoms with Gasteiger partial charge in [-0.3, -0.25) is 14.9 Å². The van der Waals surface area contributed by atoms with Gasteiger partial charge in [-0.1, -0.05) is 23.3 Å². The van der Waals surface area contributed by atoms with Gasteiger partial charge in [0, 0.05) is 24.2 Å². The van der Waals surface area contributed by atoms with Gasteiger partial charge in [-0.15, -0.1) is 5.10 Å². The van der Waals surface area contributed by atoms with Crippen LogP contribution in [0.5, 0.6) is 17.2 Å². The number of aromatic nitrogens is 2. The Labute approximate surface area is 184 Å². The number of rotatable bonds is 7. The zero-order valence-corrected chi connectivity index (χ0v) is 17.8. The first-order valence-electron chi connectivity index (χ1n) is 9.84. The van der Waals surface area contributed by atoms with Gasteiger partial charge in [-0.2, -0.15) is 0 Å². The standard InChI is InChI=1S/C22H22N4O6/c1-29-16-9-13(10-17(30-2)19(16)31-3)20(28)23-22-25-24-21(32-22)14-11-18(27)26(12-14)15-7-5-4-6-8-15/h4-10,14H,11-12H2,1-3H3,(H,23,25,28). The number of nitrogens with zero attached hydrogens (tertiary/aromatic N) is 3. The zero-order chi connectivity index (χ0) is 22.7. The van der Waals surface area contributed by atoms with Crippen LogP contribution in [0, 0.1) is 0 Å². The fourth-order valence-electron chi connectivity index (χ4n) is 3.56.